The number of aromatic nitrogens is 1. The minimum Gasteiger partial charge on any atom is -0.493 e. The van der Waals surface area contributed by atoms with E-state index in [4.69, 9.17) is 16.3 Å². The summed E-state index contributed by atoms with van der Waals surface area (Å²) < 4.78 is 49.7. The first-order valence-electron chi connectivity index (χ1n) is 4.80. The van der Waals surface area contributed by atoms with Gasteiger partial charge in [-0.3, -0.25) is 0 Å². The van der Waals surface area contributed by atoms with Gasteiger partial charge in [0.1, 0.15) is 0 Å². The predicted molar refractivity (Wildman–Crippen MR) is 58.4 cm³/mol. The van der Waals surface area contributed by atoms with Crippen molar-refractivity contribution in [3.8, 4) is 11.5 Å². The number of carbonyl (C=O) groups excluding carboxylic acids is 1. The van der Waals surface area contributed by atoms with Gasteiger partial charge in [-0.2, -0.15) is 0 Å². The number of esters is 1. The molecule has 1 aromatic rings. The van der Waals surface area contributed by atoms with E-state index < -0.39 is 23.8 Å². The van der Waals surface area contributed by atoms with Crippen LogP contribution in [0.1, 0.15) is 16.2 Å². The highest BCUT2D eigenvalue weighted by Gasteiger charge is 2.36. The maximum absolute atomic E-state index is 12.3. The third kappa shape index (κ3) is 3.88. The van der Waals surface area contributed by atoms with Gasteiger partial charge in [0.2, 0.25) is 5.75 Å². The molecule has 5 nitrogen and oxygen atoms in total. The molecule has 0 bridgehead atoms. The van der Waals surface area contributed by atoms with E-state index >= 15 is 0 Å². The molecule has 1 aromatic heterocycles. The first-order valence-corrected chi connectivity index (χ1v) is 5.33. The molecule has 0 radical (unpaired) electrons. The van der Waals surface area contributed by atoms with Gasteiger partial charge in [0, 0.05) is 6.07 Å². The fourth-order valence-electron chi connectivity index (χ4n) is 1.23. The number of ether oxygens (including phenoxy) is 3. The van der Waals surface area contributed by atoms with E-state index in [1.807, 2.05) is 0 Å². The highest BCUT2D eigenvalue weighted by atomic mass is 35.5. The number of pyridine rings is 1. The van der Waals surface area contributed by atoms with Crippen LogP contribution in [0.3, 0.4) is 0 Å². The van der Waals surface area contributed by atoms with Crippen LogP contribution in [0.4, 0.5) is 13.2 Å². The van der Waals surface area contributed by atoms with E-state index in [1.165, 1.54) is 0 Å². The van der Waals surface area contributed by atoms with Crippen molar-refractivity contribution in [2.24, 2.45) is 0 Å². The summed E-state index contributed by atoms with van der Waals surface area (Å²) in [5, 5.41) is 0. The number of halogens is 4. The maximum Gasteiger partial charge on any atom is 0.573 e. The van der Waals surface area contributed by atoms with Crippen LogP contribution in [0, 0.1) is 0 Å². The summed E-state index contributed by atoms with van der Waals surface area (Å²) in [6.07, 6.45) is -5.00. The highest BCUT2D eigenvalue weighted by molar-refractivity contribution is 6.17. The van der Waals surface area contributed by atoms with Crippen molar-refractivity contribution in [3.05, 3.63) is 17.5 Å². The van der Waals surface area contributed by atoms with E-state index in [1.54, 1.807) is 0 Å². The largest absolute Gasteiger partial charge is 0.573 e. The SMILES string of the molecule is COC(=O)c1nc(CCl)cc(OC)c1OC(F)(F)F. The molecular formula is C10H9ClF3NO4. The molecule has 0 fully saturated rings. The zero-order valence-electron chi connectivity index (χ0n) is 9.88. The number of methoxy groups -OCH3 is 2. The lowest BCUT2D eigenvalue weighted by molar-refractivity contribution is -0.275. The van der Waals surface area contributed by atoms with E-state index in [-0.39, 0.29) is 17.3 Å². The molecule has 0 aromatic carbocycles. The summed E-state index contributed by atoms with van der Waals surface area (Å²) in [5.41, 5.74) is -0.511. The molecule has 0 aliphatic rings. The average molecular weight is 300 g/mol. The lowest BCUT2D eigenvalue weighted by atomic mass is 10.2. The number of rotatable bonds is 4. The molecule has 0 unspecified atom stereocenters. The molecular weight excluding hydrogens is 291 g/mol. The Hall–Kier alpha value is -1.70. The van der Waals surface area contributed by atoms with Gasteiger partial charge < -0.3 is 14.2 Å². The Morgan fingerprint density at radius 1 is 1.42 bits per heavy atom. The van der Waals surface area contributed by atoms with E-state index in [9.17, 15) is 18.0 Å². The third-order valence-corrected chi connectivity index (χ3v) is 2.22. The van der Waals surface area contributed by atoms with E-state index in [0.29, 0.717) is 0 Å². The molecule has 0 spiro atoms. The van der Waals surface area contributed by atoms with Gasteiger partial charge in [-0.1, -0.05) is 0 Å². The topological polar surface area (TPSA) is 57.7 Å². The van der Waals surface area contributed by atoms with Crippen LogP contribution in [0.5, 0.6) is 11.5 Å². The maximum atomic E-state index is 12.3. The monoisotopic (exact) mass is 299 g/mol. The van der Waals surface area contributed by atoms with Gasteiger partial charge in [0.15, 0.2) is 11.4 Å². The van der Waals surface area contributed by atoms with Crippen molar-refractivity contribution in [2.75, 3.05) is 14.2 Å². The summed E-state index contributed by atoms with van der Waals surface area (Å²) >= 11 is 5.53. The van der Waals surface area contributed by atoms with Crippen molar-refractivity contribution in [2.45, 2.75) is 12.2 Å². The molecule has 19 heavy (non-hydrogen) atoms. The first-order chi connectivity index (χ1) is 8.82. The zero-order chi connectivity index (χ0) is 14.6. The molecule has 1 heterocycles. The second kappa shape index (κ2) is 5.96. The molecule has 0 aliphatic heterocycles. The van der Waals surface area contributed by atoms with Crippen LogP contribution in [-0.2, 0) is 10.6 Å². The molecule has 0 atom stereocenters. The molecule has 0 aliphatic carbocycles. The molecule has 0 amide bonds. The number of nitrogens with zero attached hydrogens (tertiary/aromatic N) is 1. The van der Waals surface area contributed by atoms with Gasteiger partial charge in [0.05, 0.1) is 25.8 Å². The number of alkyl halides is 4. The van der Waals surface area contributed by atoms with Crippen molar-refractivity contribution in [1.82, 2.24) is 4.98 Å². The zero-order valence-corrected chi connectivity index (χ0v) is 10.6. The van der Waals surface area contributed by atoms with Crippen molar-refractivity contribution in [3.63, 3.8) is 0 Å². The third-order valence-electron chi connectivity index (χ3n) is 1.95. The minimum absolute atomic E-state index is 0.118. The van der Waals surface area contributed by atoms with Gasteiger partial charge in [0.25, 0.3) is 0 Å². The second-order valence-corrected chi connectivity index (χ2v) is 3.43. The predicted octanol–water partition coefficient (Wildman–Crippen LogP) is 2.51. The standard InChI is InChI=1S/C10H9ClF3NO4/c1-17-6-3-5(4-11)15-7(9(16)18-2)8(6)19-10(12,13)14/h3H,4H2,1-2H3. The second-order valence-electron chi connectivity index (χ2n) is 3.17. The van der Waals surface area contributed by atoms with Crippen LogP contribution in [0.15, 0.2) is 6.07 Å². The fourth-order valence-corrected chi connectivity index (χ4v) is 1.37. The summed E-state index contributed by atoms with van der Waals surface area (Å²) in [6, 6.07) is 1.14. The molecule has 9 heteroatoms. The first kappa shape index (κ1) is 15.4. The number of hydrogen-bond acceptors (Lipinski definition) is 5. The number of hydrogen-bond donors (Lipinski definition) is 0. The van der Waals surface area contributed by atoms with E-state index in [2.05, 4.69) is 14.5 Å². The van der Waals surface area contributed by atoms with Crippen LogP contribution in [-0.4, -0.2) is 31.5 Å². The Bertz CT molecular complexity index is 479. The Labute approximate surface area is 111 Å². The Morgan fingerprint density at radius 2 is 2.05 bits per heavy atom. The average Bonchev–Trinajstić information content (AvgIpc) is 2.36. The Balaban J connectivity index is 3.41. The van der Waals surface area contributed by atoms with E-state index in [0.717, 1.165) is 20.3 Å². The quantitative estimate of drug-likeness (QED) is 0.631. The van der Waals surface area contributed by atoms with Crippen LogP contribution < -0.4 is 9.47 Å². The highest BCUT2D eigenvalue weighted by Crippen LogP contribution is 2.35. The van der Waals surface area contributed by atoms with Crippen molar-refractivity contribution < 1.29 is 32.2 Å². The van der Waals surface area contributed by atoms with Crippen molar-refractivity contribution >= 4 is 17.6 Å². The fraction of sp³-hybridized carbons (Fsp3) is 0.400. The van der Waals surface area contributed by atoms with Gasteiger partial charge in [-0.25, -0.2) is 9.78 Å². The van der Waals surface area contributed by atoms with Crippen LogP contribution in [0.25, 0.3) is 0 Å². The summed E-state index contributed by atoms with van der Waals surface area (Å²) in [5.74, 6) is -2.39. The van der Waals surface area contributed by atoms with Crippen molar-refractivity contribution in [1.29, 1.82) is 0 Å². The lowest BCUT2D eigenvalue weighted by Gasteiger charge is -2.15. The normalized spacial score (nSPS) is 11.1. The smallest absolute Gasteiger partial charge is 0.493 e. The number of carbonyl (C=O) groups is 1. The summed E-state index contributed by atoms with van der Waals surface area (Å²) in [4.78, 5) is 15.1. The Kier molecular flexibility index (Phi) is 4.82. The minimum atomic E-state index is -5.00. The van der Waals surface area contributed by atoms with Gasteiger partial charge >= 0.3 is 12.3 Å². The molecule has 0 N–H and O–H groups in total. The molecule has 106 valence electrons. The molecule has 0 saturated carbocycles. The van der Waals surface area contributed by atoms with Crippen LogP contribution >= 0.6 is 11.6 Å². The van der Waals surface area contributed by atoms with Crippen LogP contribution in [0.2, 0.25) is 0 Å². The molecule has 1 rings (SSSR count). The summed E-state index contributed by atoms with van der Waals surface area (Å²) in [6.45, 7) is 0. The summed E-state index contributed by atoms with van der Waals surface area (Å²) in [7, 11) is 2.12. The lowest BCUT2D eigenvalue weighted by Crippen LogP contribution is -2.21. The van der Waals surface area contributed by atoms with Gasteiger partial charge in [-0.15, -0.1) is 24.8 Å². The molecule has 0 saturated heterocycles. The van der Waals surface area contributed by atoms with Gasteiger partial charge in [-0.05, 0) is 0 Å². The Morgan fingerprint density at radius 3 is 2.47 bits per heavy atom.